The summed E-state index contributed by atoms with van der Waals surface area (Å²) in [7, 11) is 1.39. The fourth-order valence-corrected chi connectivity index (χ4v) is 4.37. The number of fused-ring (bicyclic) bond motifs is 1. The van der Waals surface area contributed by atoms with E-state index in [0.717, 1.165) is 49.9 Å². The van der Waals surface area contributed by atoms with Crippen LogP contribution in [0.1, 0.15) is 49.6 Å². The van der Waals surface area contributed by atoms with Crippen LogP contribution >= 0.6 is 0 Å². The number of tetrazole rings is 1. The first kappa shape index (κ1) is 28.7. The molecule has 214 valence electrons. The van der Waals surface area contributed by atoms with E-state index >= 15 is 0 Å². The van der Waals surface area contributed by atoms with Crippen molar-refractivity contribution in [2.45, 2.75) is 58.5 Å². The zero-order valence-corrected chi connectivity index (χ0v) is 22.9. The number of benzene rings is 1. The number of carbonyl (C=O) groups is 1. The lowest BCUT2D eigenvalue weighted by molar-refractivity contribution is -0.139. The van der Waals surface area contributed by atoms with Gasteiger partial charge >= 0.3 is 17.7 Å². The van der Waals surface area contributed by atoms with E-state index in [1.54, 1.807) is 4.57 Å². The molecule has 0 aliphatic rings. The number of ether oxygens (including phenoxy) is 2. The molecule has 1 aromatic carbocycles. The highest BCUT2D eigenvalue weighted by atomic mass is 16.5. The van der Waals surface area contributed by atoms with Crippen molar-refractivity contribution in [1.29, 1.82) is 0 Å². The number of carbonyl (C=O) groups excluding carboxylic acids is 1. The van der Waals surface area contributed by atoms with Crippen LogP contribution in [0, 0.1) is 0 Å². The summed E-state index contributed by atoms with van der Waals surface area (Å²) in [5, 5.41) is 14.1. The maximum Gasteiger partial charge on any atom is 0.327 e. The summed E-state index contributed by atoms with van der Waals surface area (Å²) in [6, 6.07) is 8.10. The predicted molar refractivity (Wildman–Crippen MR) is 148 cm³/mol. The Balaban J connectivity index is 1.40. The minimum atomic E-state index is -0.279. The molecule has 0 saturated carbocycles. The number of methoxy groups -OCH3 is 1. The van der Waals surface area contributed by atoms with Crippen LogP contribution in [0.5, 0.6) is 6.01 Å². The molecule has 0 bridgehead atoms. The summed E-state index contributed by atoms with van der Waals surface area (Å²) in [5.74, 6) is 0.630. The lowest BCUT2D eigenvalue weighted by atomic mass is 10.1. The van der Waals surface area contributed by atoms with Gasteiger partial charge < -0.3 is 20.2 Å². The molecule has 0 unspecified atom stereocenters. The van der Waals surface area contributed by atoms with Crippen molar-refractivity contribution in [3.63, 3.8) is 0 Å². The Morgan fingerprint density at radius 3 is 2.77 bits per heavy atom. The molecule has 14 nitrogen and oxygen atoms in total. The third-order valence-corrected chi connectivity index (χ3v) is 6.49. The highest BCUT2D eigenvalue weighted by Crippen LogP contribution is 2.18. The number of nitrogens with two attached hydrogens (primary N) is 1. The topological polar surface area (TPSA) is 183 Å². The molecule has 0 aliphatic heterocycles. The molecule has 4 aromatic rings. The fourth-order valence-electron chi connectivity index (χ4n) is 4.37. The largest absolute Gasteiger partial charge is 0.469 e. The van der Waals surface area contributed by atoms with Crippen LogP contribution < -0.4 is 16.2 Å². The summed E-state index contributed by atoms with van der Waals surface area (Å²) in [5.41, 5.74) is 8.65. The molecule has 0 saturated heterocycles. The van der Waals surface area contributed by atoms with Gasteiger partial charge in [0.05, 0.1) is 20.1 Å². The first-order valence-corrected chi connectivity index (χ1v) is 13.4. The van der Waals surface area contributed by atoms with Gasteiger partial charge in [-0.1, -0.05) is 37.6 Å². The molecule has 4 rings (SSSR count). The SMILES string of the molecule is CCCCOc1nc(N)c2[nH]c(=O)n(CCCCN(CCc3nnn[nH]3)Cc3cccc(CC(=O)OC)c3)c2n1. The van der Waals surface area contributed by atoms with Crippen molar-refractivity contribution in [2.75, 3.05) is 32.5 Å². The number of aromatic amines is 2. The van der Waals surface area contributed by atoms with E-state index in [0.29, 0.717) is 43.1 Å². The minimum absolute atomic E-state index is 0.175. The van der Waals surface area contributed by atoms with Gasteiger partial charge in [0.1, 0.15) is 11.3 Å². The maximum atomic E-state index is 12.7. The molecule has 14 heteroatoms. The van der Waals surface area contributed by atoms with Gasteiger partial charge in [-0.2, -0.15) is 9.97 Å². The second-order valence-corrected chi connectivity index (χ2v) is 9.53. The van der Waals surface area contributed by atoms with Crippen molar-refractivity contribution < 1.29 is 14.3 Å². The van der Waals surface area contributed by atoms with E-state index in [1.807, 2.05) is 24.3 Å². The number of esters is 1. The Hall–Kier alpha value is -4.33. The Bertz CT molecular complexity index is 1430. The molecule has 0 atom stereocenters. The van der Waals surface area contributed by atoms with Crippen molar-refractivity contribution in [3.8, 4) is 6.01 Å². The molecule has 0 amide bonds. The fraction of sp³-hybridized carbons (Fsp3) is 0.500. The van der Waals surface area contributed by atoms with Gasteiger partial charge in [0.15, 0.2) is 11.5 Å². The minimum Gasteiger partial charge on any atom is -0.469 e. The van der Waals surface area contributed by atoms with Gasteiger partial charge in [0.25, 0.3) is 0 Å². The summed E-state index contributed by atoms with van der Waals surface area (Å²) in [6.07, 6.45) is 4.32. The lowest BCUT2D eigenvalue weighted by Gasteiger charge is -2.22. The van der Waals surface area contributed by atoms with E-state index in [2.05, 4.69) is 47.4 Å². The maximum absolute atomic E-state index is 12.7. The predicted octanol–water partition coefficient (Wildman–Crippen LogP) is 1.63. The number of imidazole rings is 1. The Morgan fingerprint density at radius 1 is 1.15 bits per heavy atom. The van der Waals surface area contributed by atoms with E-state index in [4.69, 9.17) is 15.2 Å². The molecule has 4 N–H and O–H groups in total. The van der Waals surface area contributed by atoms with Gasteiger partial charge in [-0.25, -0.2) is 9.89 Å². The summed E-state index contributed by atoms with van der Waals surface area (Å²) in [6.45, 7) is 5.22. The zero-order chi connectivity index (χ0) is 28.3. The second kappa shape index (κ2) is 14.2. The quantitative estimate of drug-likeness (QED) is 0.136. The first-order valence-electron chi connectivity index (χ1n) is 13.4. The van der Waals surface area contributed by atoms with Crippen LogP contribution in [0.3, 0.4) is 0 Å². The van der Waals surface area contributed by atoms with Gasteiger partial charge in [-0.05, 0) is 47.4 Å². The molecule has 3 heterocycles. The Morgan fingerprint density at radius 2 is 2.00 bits per heavy atom. The highest BCUT2D eigenvalue weighted by molar-refractivity contribution is 5.81. The van der Waals surface area contributed by atoms with E-state index in [-0.39, 0.29) is 29.9 Å². The third-order valence-electron chi connectivity index (χ3n) is 6.49. The van der Waals surface area contributed by atoms with E-state index < -0.39 is 0 Å². The summed E-state index contributed by atoms with van der Waals surface area (Å²) < 4.78 is 12.0. The Labute approximate surface area is 231 Å². The number of anilines is 1. The molecule has 0 radical (unpaired) electrons. The summed E-state index contributed by atoms with van der Waals surface area (Å²) in [4.78, 5) is 38.1. The van der Waals surface area contributed by atoms with Crippen LogP contribution in [-0.4, -0.2) is 77.8 Å². The molecule has 40 heavy (non-hydrogen) atoms. The van der Waals surface area contributed by atoms with Crippen molar-refractivity contribution in [3.05, 3.63) is 51.7 Å². The number of aromatic nitrogens is 8. The molecule has 0 spiro atoms. The average Bonchev–Trinajstić information content (AvgIpc) is 3.58. The number of hydrogen-bond donors (Lipinski definition) is 3. The lowest BCUT2D eigenvalue weighted by Crippen LogP contribution is -2.28. The standard InChI is InChI=1S/C26H36N10O4/c1-3-4-14-40-25-29-23(27)22-24(30-25)36(26(38)28-22)12-6-5-11-35(13-10-20-31-33-34-32-20)17-19-9-7-8-18(15-19)16-21(37)39-2/h7-9,15H,3-6,10-14,16-17H2,1-2H3,(H,28,38)(H2,27,29,30)(H,31,32,33,34). The van der Waals surface area contributed by atoms with Gasteiger partial charge in [-0.15, -0.1) is 5.10 Å². The van der Waals surface area contributed by atoms with Crippen LogP contribution in [0.2, 0.25) is 0 Å². The molecule has 0 fully saturated rings. The number of aryl methyl sites for hydroxylation is 1. The number of H-pyrrole nitrogens is 2. The Kier molecular flexibility index (Phi) is 10.2. The monoisotopic (exact) mass is 552 g/mol. The highest BCUT2D eigenvalue weighted by Gasteiger charge is 2.15. The van der Waals surface area contributed by atoms with Gasteiger partial charge in [-0.3, -0.25) is 14.3 Å². The van der Waals surface area contributed by atoms with Crippen LogP contribution in [-0.2, 0) is 35.5 Å². The number of nitrogens with zero attached hydrogens (tertiary/aromatic N) is 7. The van der Waals surface area contributed by atoms with Crippen molar-refractivity contribution >= 4 is 23.0 Å². The van der Waals surface area contributed by atoms with Crippen molar-refractivity contribution in [2.24, 2.45) is 0 Å². The number of nitrogen functional groups attached to an aromatic ring is 1. The molecule has 0 aliphatic carbocycles. The second-order valence-electron chi connectivity index (χ2n) is 9.53. The first-order chi connectivity index (χ1) is 19.5. The van der Waals surface area contributed by atoms with Crippen LogP contribution in [0.4, 0.5) is 5.82 Å². The average molecular weight is 553 g/mol. The van der Waals surface area contributed by atoms with Gasteiger partial charge in [0.2, 0.25) is 0 Å². The van der Waals surface area contributed by atoms with E-state index in [1.165, 1.54) is 7.11 Å². The number of rotatable bonds is 16. The summed E-state index contributed by atoms with van der Waals surface area (Å²) >= 11 is 0. The van der Waals surface area contributed by atoms with Crippen molar-refractivity contribution in [1.82, 2.24) is 45.0 Å². The zero-order valence-electron chi connectivity index (χ0n) is 22.9. The number of unbranched alkanes of at least 4 members (excludes halogenated alkanes) is 2. The van der Waals surface area contributed by atoms with Crippen LogP contribution in [0.25, 0.3) is 11.2 Å². The number of hydrogen-bond acceptors (Lipinski definition) is 11. The van der Waals surface area contributed by atoms with Gasteiger partial charge in [0, 0.05) is 26.1 Å². The van der Waals surface area contributed by atoms with E-state index in [9.17, 15) is 9.59 Å². The normalized spacial score (nSPS) is 11.4. The molecule has 3 aromatic heterocycles. The third kappa shape index (κ3) is 7.85. The van der Waals surface area contributed by atoms with Crippen LogP contribution in [0.15, 0.2) is 29.1 Å². The number of nitrogens with one attached hydrogen (secondary N) is 2. The smallest absolute Gasteiger partial charge is 0.327 e. The molecular weight excluding hydrogens is 516 g/mol. The molecular formula is C26H36N10O4.